The molecule has 0 spiro atoms. The molecule has 1 aromatic carbocycles. The second kappa shape index (κ2) is 8.56. The van der Waals surface area contributed by atoms with Crippen molar-refractivity contribution in [3.8, 4) is 23.0 Å². The first kappa shape index (κ1) is 21.4. The van der Waals surface area contributed by atoms with E-state index in [0.29, 0.717) is 29.4 Å². The smallest absolute Gasteiger partial charge is 0.266 e. The summed E-state index contributed by atoms with van der Waals surface area (Å²) >= 11 is 0. The molecule has 0 radical (unpaired) electrons. The zero-order chi connectivity index (χ0) is 22.0. The van der Waals surface area contributed by atoms with Gasteiger partial charge in [-0.05, 0) is 12.5 Å². The van der Waals surface area contributed by atoms with E-state index >= 15 is 0 Å². The first-order chi connectivity index (χ1) is 14.5. The van der Waals surface area contributed by atoms with E-state index in [9.17, 15) is 9.59 Å². The van der Waals surface area contributed by atoms with Gasteiger partial charge in [0.25, 0.3) is 5.78 Å². The molecule has 2 aliphatic rings. The summed E-state index contributed by atoms with van der Waals surface area (Å²) in [5.41, 5.74) is 0.920. The molecule has 0 amide bonds. The van der Waals surface area contributed by atoms with Crippen LogP contribution in [0.5, 0.6) is 23.0 Å². The largest absolute Gasteiger partial charge is 0.493 e. The van der Waals surface area contributed by atoms with Gasteiger partial charge in [-0.1, -0.05) is 0 Å². The van der Waals surface area contributed by atoms with Crippen molar-refractivity contribution in [2.24, 2.45) is 5.92 Å². The second-order valence-electron chi connectivity index (χ2n) is 6.52. The Bertz CT molecular complexity index is 942. The van der Waals surface area contributed by atoms with Crippen molar-refractivity contribution < 1.29 is 42.7 Å². The molecule has 3 rings (SSSR count). The Balaban J connectivity index is 2.08. The molecule has 1 aliphatic carbocycles. The molecule has 0 N–H and O–H groups in total. The van der Waals surface area contributed by atoms with Crippen LogP contribution >= 0.6 is 0 Å². The minimum absolute atomic E-state index is 0.0814. The van der Waals surface area contributed by atoms with Gasteiger partial charge in [0.1, 0.15) is 0 Å². The van der Waals surface area contributed by atoms with Crippen molar-refractivity contribution >= 4 is 11.6 Å². The molecular weight excluding hydrogens is 396 g/mol. The van der Waals surface area contributed by atoms with Crippen LogP contribution < -0.4 is 18.9 Å². The van der Waals surface area contributed by atoms with E-state index in [1.54, 1.807) is 6.07 Å². The van der Waals surface area contributed by atoms with Crippen molar-refractivity contribution in [2.75, 3.05) is 49.3 Å². The molecule has 1 aliphatic heterocycles. The number of hydrogen-bond acceptors (Lipinski definition) is 9. The van der Waals surface area contributed by atoms with Gasteiger partial charge in [0.15, 0.2) is 17.3 Å². The summed E-state index contributed by atoms with van der Waals surface area (Å²) in [7, 11) is 8.46. The number of ketones is 2. The van der Waals surface area contributed by atoms with Gasteiger partial charge < -0.3 is 33.2 Å². The Morgan fingerprint density at radius 3 is 1.90 bits per heavy atom. The second-order valence-corrected chi connectivity index (χ2v) is 6.52. The first-order valence-electron chi connectivity index (χ1n) is 9.11. The summed E-state index contributed by atoms with van der Waals surface area (Å²) < 4.78 is 37.8. The Labute approximate surface area is 174 Å². The summed E-state index contributed by atoms with van der Waals surface area (Å²) in [5.74, 6) is -0.148. The molecule has 0 unspecified atom stereocenters. The Morgan fingerprint density at radius 1 is 0.767 bits per heavy atom. The van der Waals surface area contributed by atoms with Crippen LogP contribution in [0.25, 0.3) is 0 Å². The highest BCUT2D eigenvalue weighted by atomic mass is 16.5. The maximum absolute atomic E-state index is 13.1. The van der Waals surface area contributed by atoms with Gasteiger partial charge in [-0.3, -0.25) is 9.59 Å². The van der Waals surface area contributed by atoms with Gasteiger partial charge >= 0.3 is 0 Å². The third-order valence-corrected chi connectivity index (χ3v) is 5.09. The van der Waals surface area contributed by atoms with Crippen LogP contribution in [0.3, 0.4) is 0 Å². The van der Waals surface area contributed by atoms with Crippen molar-refractivity contribution in [1.29, 1.82) is 0 Å². The van der Waals surface area contributed by atoms with E-state index in [-0.39, 0.29) is 29.5 Å². The van der Waals surface area contributed by atoms with Crippen molar-refractivity contribution in [3.63, 3.8) is 0 Å². The number of fused-ring (bicyclic) bond motifs is 1. The lowest BCUT2D eigenvalue weighted by atomic mass is 9.83. The van der Waals surface area contributed by atoms with Gasteiger partial charge in [-0.15, -0.1) is 0 Å². The molecule has 0 saturated heterocycles. The number of benzene rings is 1. The third-order valence-electron chi connectivity index (χ3n) is 5.09. The van der Waals surface area contributed by atoms with Crippen LogP contribution in [0.15, 0.2) is 28.9 Å². The summed E-state index contributed by atoms with van der Waals surface area (Å²) in [6.07, 6.45) is 0.382. The van der Waals surface area contributed by atoms with E-state index in [0.717, 1.165) is 5.56 Å². The lowest BCUT2D eigenvalue weighted by Gasteiger charge is -2.31. The first-order valence-corrected chi connectivity index (χ1v) is 9.11. The van der Waals surface area contributed by atoms with Gasteiger partial charge in [0.05, 0.1) is 54.8 Å². The number of methoxy groups -OCH3 is 6. The molecular formula is C21H24O9. The fraction of sp³-hybridized carbons (Fsp3) is 0.429. The normalized spacial score (nSPS) is 18.5. The van der Waals surface area contributed by atoms with Crippen LogP contribution in [0.2, 0.25) is 0 Å². The molecule has 162 valence electrons. The van der Waals surface area contributed by atoms with Crippen LogP contribution in [-0.2, 0) is 30.2 Å². The molecule has 0 aromatic heterocycles. The number of rotatable bonds is 7. The molecule has 0 fully saturated rings. The van der Waals surface area contributed by atoms with Crippen LogP contribution in [-0.4, -0.2) is 60.8 Å². The molecule has 9 heteroatoms. The number of ether oxygens (including phenoxy) is 7. The zero-order valence-corrected chi connectivity index (χ0v) is 17.7. The molecule has 9 nitrogen and oxygen atoms in total. The third kappa shape index (κ3) is 3.20. The number of Topliss-reactive ketones (excluding diaryl/α,β-unsaturated/α-hetero) is 2. The standard InChI is InChI=1S/C21H24O9/c1-24-12-8-10-7-11(9-30-16(10)21(29-6)17(12)25-2)13-14(22)19(27-4)20(28-5)15(23)18(13)26-3/h8,11H,7,9H2,1-6H3/t11-/m0/s1. The summed E-state index contributed by atoms with van der Waals surface area (Å²) in [6, 6.07) is 1.76. The topological polar surface area (TPSA) is 98.8 Å². The molecule has 1 atom stereocenters. The maximum atomic E-state index is 13.1. The lowest BCUT2D eigenvalue weighted by molar-refractivity contribution is -0.124. The Hall–Kier alpha value is -3.36. The number of allylic oxidation sites excluding steroid dienone is 1. The average molecular weight is 420 g/mol. The van der Waals surface area contributed by atoms with Crippen LogP contribution in [0.1, 0.15) is 5.56 Å². The van der Waals surface area contributed by atoms with E-state index in [4.69, 9.17) is 33.2 Å². The van der Waals surface area contributed by atoms with Gasteiger partial charge in [-0.2, -0.15) is 0 Å². The minimum Gasteiger partial charge on any atom is -0.493 e. The SMILES string of the molecule is COC1=C(OC)C(=O)C([C@@H]2COc3c(cc(OC)c(OC)c3OC)C2)=C(OC)C1=O. The lowest BCUT2D eigenvalue weighted by Crippen LogP contribution is -2.34. The van der Waals surface area contributed by atoms with Gasteiger partial charge in [0.2, 0.25) is 28.8 Å². The highest BCUT2D eigenvalue weighted by Gasteiger charge is 2.43. The summed E-state index contributed by atoms with van der Waals surface area (Å²) in [6.45, 7) is 0.124. The van der Waals surface area contributed by atoms with E-state index < -0.39 is 17.5 Å². The fourth-order valence-corrected chi connectivity index (χ4v) is 3.79. The van der Waals surface area contributed by atoms with Gasteiger partial charge in [-0.25, -0.2) is 0 Å². The molecule has 30 heavy (non-hydrogen) atoms. The quantitative estimate of drug-likeness (QED) is 0.612. The average Bonchev–Trinajstić information content (AvgIpc) is 2.77. The van der Waals surface area contributed by atoms with Crippen LogP contribution in [0, 0.1) is 5.92 Å². The maximum Gasteiger partial charge on any atom is 0.266 e. The highest BCUT2D eigenvalue weighted by Crippen LogP contribution is 2.49. The fourth-order valence-electron chi connectivity index (χ4n) is 3.79. The van der Waals surface area contributed by atoms with Crippen molar-refractivity contribution in [1.82, 2.24) is 0 Å². The number of carbonyl (C=O) groups excluding carboxylic acids is 2. The van der Waals surface area contributed by atoms with E-state index in [1.165, 1.54) is 42.7 Å². The minimum atomic E-state index is -0.554. The number of hydrogen-bond donors (Lipinski definition) is 0. The van der Waals surface area contributed by atoms with Crippen LogP contribution in [0.4, 0.5) is 0 Å². The molecule has 0 saturated carbocycles. The monoisotopic (exact) mass is 420 g/mol. The molecule has 1 heterocycles. The summed E-state index contributed by atoms with van der Waals surface area (Å²) in [4.78, 5) is 25.9. The number of carbonyl (C=O) groups is 2. The predicted molar refractivity (Wildman–Crippen MR) is 104 cm³/mol. The predicted octanol–water partition coefficient (Wildman–Crippen LogP) is 1.82. The molecule has 1 aromatic rings. The van der Waals surface area contributed by atoms with E-state index in [2.05, 4.69) is 0 Å². The highest BCUT2D eigenvalue weighted by molar-refractivity contribution is 6.23. The Morgan fingerprint density at radius 2 is 1.37 bits per heavy atom. The Kier molecular flexibility index (Phi) is 6.09. The van der Waals surface area contributed by atoms with E-state index in [1.807, 2.05) is 0 Å². The zero-order valence-electron chi connectivity index (χ0n) is 17.7. The summed E-state index contributed by atoms with van der Waals surface area (Å²) in [5, 5.41) is 0. The molecule has 0 bridgehead atoms. The van der Waals surface area contributed by atoms with Crippen molar-refractivity contribution in [2.45, 2.75) is 6.42 Å². The van der Waals surface area contributed by atoms with Crippen molar-refractivity contribution in [3.05, 3.63) is 34.5 Å². The van der Waals surface area contributed by atoms with Gasteiger partial charge in [0, 0.05) is 11.5 Å².